The van der Waals surface area contributed by atoms with Crippen molar-refractivity contribution in [1.82, 2.24) is 24.4 Å². The molecule has 26 heavy (non-hydrogen) atoms. The summed E-state index contributed by atoms with van der Waals surface area (Å²) in [6.07, 6.45) is 3.35. The summed E-state index contributed by atoms with van der Waals surface area (Å²) < 4.78 is 1.19. The van der Waals surface area contributed by atoms with Crippen molar-refractivity contribution < 1.29 is 0 Å². The van der Waals surface area contributed by atoms with Gasteiger partial charge in [0, 0.05) is 20.6 Å². The van der Waals surface area contributed by atoms with Crippen LogP contribution in [0.5, 0.6) is 0 Å². The van der Waals surface area contributed by atoms with Gasteiger partial charge in [-0.2, -0.15) is 0 Å². The van der Waals surface area contributed by atoms with Gasteiger partial charge < -0.3 is 4.90 Å². The zero-order chi connectivity index (χ0) is 18.8. The lowest BCUT2D eigenvalue weighted by molar-refractivity contribution is 0.588. The van der Waals surface area contributed by atoms with E-state index >= 15 is 0 Å². The molecule has 2 aromatic heterocycles. The SMILES string of the molecule is CCCCn1c(=O)[nH]c2nc3cc(N=CN(C)C)c(C)cc3nc2c1=O. The molecular formula is C18H22N6O2. The molecule has 136 valence electrons. The van der Waals surface area contributed by atoms with Crippen molar-refractivity contribution in [1.29, 1.82) is 0 Å². The first kappa shape index (κ1) is 17.8. The van der Waals surface area contributed by atoms with Gasteiger partial charge in [0.2, 0.25) is 0 Å². The van der Waals surface area contributed by atoms with Gasteiger partial charge in [-0.05, 0) is 31.0 Å². The van der Waals surface area contributed by atoms with E-state index in [-0.39, 0.29) is 11.2 Å². The average Bonchev–Trinajstić information content (AvgIpc) is 2.59. The van der Waals surface area contributed by atoms with E-state index in [0.29, 0.717) is 17.6 Å². The Balaban J connectivity index is 2.22. The molecule has 8 heteroatoms. The van der Waals surface area contributed by atoms with Gasteiger partial charge in [0.1, 0.15) is 0 Å². The highest BCUT2D eigenvalue weighted by Gasteiger charge is 2.12. The number of H-pyrrole nitrogens is 1. The number of benzene rings is 1. The van der Waals surface area contributed by atoms with E-state index in [1.165, 1.54) is 4.57 Å². The van der Waals surface area contributed by atoms with E-state index in [1.807, 2.05) is 38.9 Å². The van der Waals surface area contributed by atoms with Crippen molar-refractivity contribution in [2.45, 2.75) is 33.2 Å². The Morgan fingerprint density at radius 1 is 1.23 bits per heavy atom. The lowest BCUT2D eigenvalue weighted by Gasteiger charge is -2.08. The molecule has 0 bridgehead atoms. The molecule has 8 nitrogen and oxygen atoms in total. The number of hydrogen-bond acceptors (Lipinski definition) is 5. The minimum atomic E-state index is -0.456. The quantitative estimate of drug-likeness (QED) is 0.429. The van der Waals surface area contributed by atoms with E-state index in [4.69, 9.17) is 0 Å². The molecule has 0 saturated heterocycles. The summed E-state index contributed by atoms with van der Waals surface area (Å²) in [6, 6.07) is 3.66. The molecule has 3 rings (SSSR count). The van der Waals surface area contributed by atoms with Crippen LogP contribution in [0.2, 0.25) is 0 Å². The van der Waals surface area contributed by atoms with Gasteiger partial charge in [-0.3, -0.25) is 14.3 Å². The molecule has 2 heterocycles. The second-order valence-electron chi connectivity index (χ2n) is 6.50. The number of nitrogens with one attached hydrogen (secondary N) is 1. The number of nitrogens with zero attached hydrogens (tertiary/aromatic N) is 5. The molecule has 0 fully saturated rings. The molecule has 0 atom stereocenters. The summed E-state index contributed by atoms with van der Waals surface area (Å²) in [5, 5.41) is 0. The highest BCUT2D eigenvalue weighted by molar-refractivity contribution is 5.87. The first-order valence-electron chi connectivity index (χ1n) is 8.56. The van der Waals surface area contributed by atoms with E-state index in [0.717, 1.165) is 24.1 Å². The Morgan fingerprint density at radius 3 is 2.65 bits per heavy atom. The normalized spacial score (nSPS) is 11.7. The minimum Gasteiger partial charge on any atom is -0.369 e. The fourth-order valence-corrected chi connectivity index (χ4v) is 2.66. The minimum absolute atomic E-state index is 0.178. The molecule has 0 amide bonds. The van der Waals surface area contributed by atoms with Crippen molar-refractivity contribution in [3.63, 3.8) is 0 Å². The summed E-state index contributed by atoms with van der Waals surface area (Å²) in [5.74, 6) is 0. The fourth-order valence-electron chi connectivity index (χ4n) is 2.66. The summed E-state index contributed by atoms with van der Waals surface area (Å²) in [5.41, 5.74) is 2.39. The van der Waals surface area contributed by atoms with E-state index in [9.17, 15) is 9.59 Å². The molecule has 1 aromatic carbocycles. The van der Waals surface area contributed by atoms with E-state index in [2.05, 4.69) is 19.9 Å². The zero-order valence-electron chi connectivity index (χ0n) is 15.4. The molecular weight excluding hydrogens is 332 g/mol. The summed E-state index contributed by atoms with van der Waals surface area (Å²) in [6.45, 7) is 4.31. The molecule has 0 aliphatic rings. The van der Waals surface area contributed by atoms with Crippen LogP contribution in [0.15, 0.2) is 26.7 Å². The molecule has 3 aromatic rings. The third-order valence-electron chi connectivity index (χ3n) is 4.06. The number of unbranched alkanes of at least 4 members (excludes halogenated alkanes) is 1. The second kappa shape index (κ2) is 7.07. The first-order valence-corrected chi connectivity index (χ1v) is 8.56. The first-order chi connectivity index (χ1) is 12.4. The van der Waals surface area contributed by atoms with Crippen LogP contribution < -0.4 is 11.2 Å². The summed E-state index contributed by atoms with van der Waals surface area (Å²) >= 11 is 0. The molecule has 0 aliphatic carbocycles. The van der Waals surface area contributed by atoms with Crippen LogP contribution in [0.25, 0.3) is 22.2 Å². The fraction of sp³-hybridized carbons (Fsp3) is 0.389. The smallest absolute Gasteiger partial charge is 0.330 e. The molecule has 0 aliphatic heterocycles. The number of hydrogen-bond donors (Lipinski definition) is 1. The summed E-state index contributed by atoms with van der Waals surface area (Å²) in [7, 11) is 3.78. The topological polar surface area (TPSA) is 96.2 Å². The summed E-state index contributed by atoms with van der Waals surface area (Å²) in [4.78, 5) is 42.7. The van der Waals surface area contributed by atoms with Gasteiger partial charge in [0.15, 0.2) is 11.2 Å². The number of aliphatic imine (C=N–C) groups is 1. The van der Waals surface area contributed by atoms with Crippen molar-refractivity contribution in [2.75, 3.05) is 14.1 Å². The highest BCUT2D eigenvalue weighted by Crippen LogP contribution is 2.24. The maximum Gasteiger partial charge on any atom is 0.330 e. The van der Waals surface area contributed by atoms with Gasteiger partial charge in [-0.25, -0.2) is 19.8 Å². The van der Waals surface area contributed by atoms with Gasteiger partial charge in [0.25, 0.3) is 5.56 Å². The third-order valence-corrected chi connectivity index (χ3v) is 4.06. The van der Waals surface area contributed by atoms with Crippen LogP contribution in [-0.2, 0) is 6.54 Å². The standard InChI is InChI=1S/C18H22N6O2/c1-5-6-7-24-17(25)15-16(22-18(24)26)21-14-9-12(19-10-23(3)4)11(2)8-13(14)20-15/h8-10H,5-7H2,1-4H3,(H,21,22,26). The van der Waals surface area contributed by atoms with Crippen LogP contribution in [0.4, 0.5) is 5.69 Å². The Kier molecular flexibility index (Phi) is 4.83. The molecule has 1 N–H and O–H groups in total. The van der Waals surface area contributed by atoms with Crippen LogP contribution in [-0.4, -0.2) is 44.9 Å². The van der Waals surface area contributed by atoms with Gasteiger partial charge in [-0.1, -0.05) is 13.3 Å². The van der Waals surface area contributed by atoms with E-state index < -0.39 is 11.2 Å². The third kappa shape index (κ3) is 3.35. The largest absolute Gasteiger partial charge is 0.369 e. The molecule has 0 spiro atoms. The molecule has 0 unspecified atom stereocenters. The zero-order valence-corrected chi connectivity index (χ0v) is 15.4. The van der Waals surface area contributed by atoms with Crippen molar-refractivity contribution in [3.8, 4) is 0 Å². The predicted molar refractivity (Wildman–Crippen MR) is 103 cm³/mol. The van der Waals surface area contributed by atoms with E-state index in [1.54, 1.807) is 12.4 Å². The number of aryl methyl sites for hydroxylation is 1. The second-order valence-corrected chi connectivity index (χ2v) is 6.50. The number of rotatable bonds is 5. The van der Waals surface area contributed by atoms with Crippen LogP contribution in [0.3, 0.4) is 0 Å². The molecule has 0 radical (unpaired) electrons. The van der Waals surface area contributed by atoms with Crippen molar-refractivity contribution in [3.05, 3.63) is 38.5 Å². The monoisotopic (exact) mass is 354 g/mol. The average molecular weight is 354 g/mol. The maximum atomic E-state index is 12.6. The van der Waals surface area contributed by atoms with Gasteiger partial charge in [-0.15, -0.1) is 0 Å². The lowest BCUT2D eigenvalue weighted by Crippen LogP contribution is -2.35. The Hall–Kier alpha value is -3.03. The van der Waals surface area contributed by atoms with Crippen molar-refractivity contribution >= 4 is 34.2 Å². The molecule has 0 saturated carbocycles. The van der Waals surface area contributed by atoms with Gasteiger partial charge in [0.05, 0.1) is 23.1 Å². The Morgan fingerprint density at radius 2 is 1.96 bits per heavy atom. The number of fused-ring (bicyclic) bond motifs is 2. The predicted octanol–water partition coefficient (Wildman–Crippen LogP) is 1.96. The van der Waals surface area contributed by atoms with Crippen LogP contribution in [0.1, 0.15) is 25.3 Å². The Labute approximate surface area is 150 Å². The number of aromatic amines is 1. The van der Waals surface area contributed by atoms with Crippen molar-refractivity contribution in [2.24, 2.45) is 4.99 Å². The highest BCUT2D eigenvalue weighted by atomic mass is 16.2. The maximum absolute atomic E-state index is 12.6. The van der Waals surface area contributed by atoms with Crippen LogP contribution >= 0.6 is 0 Å². The lowest BCUT2D eigenvalue weighted by atomic mass is 10.1. The van der Waals surface area contributed by atoms with Crippen LogP contribution in [0, 0.1) is 6.92 Å². The number of aromatic nitrogens is 4. The van der Waals surface area contributed by atoms with Gasteiger partial charge >= 0.3 is 5.69 Å². The Bertz CT molecular complexity index is 1110.